The van der Waals surface area contributed by atoms with Crippen molar-refractivity contribution in [2.24, 2.45) is 17.4 Å². The lowest BCUT2D eigenvalue weighted by Crippen LogP contribution is -2.58. The fraction of sp³-hybridized carbons (Fsp3) is 0.440. The molecule has 4 amide bonds. The van der Waals surface area contributed by atoms with Crippen LogP contribution in [-0.4, -0.2) is 74.9 Å². The molecule has 0 radical (unpaired) electrons. The maximum absolute atomic E-state index is 13.3. The van der Waals surface area contributed by atoms with Gasteiger partial charge in [0.05, 0.1) is 18.9 Å². The molecule has 1 aromatic carbocycles. The Morgan fingerprint density at radius 3 is 2.05 bits per heavy atom. The third-order valence-electron chi connectivity index (χ3n) is 5.82. The number of hydrogen-bond donors (Lipinski definition) is 8. The maximum Gasteiger partial charge on any atom is 0.326 e. The first kappa shape index (κ1) is 30.8. The minimum absolute atomic E-state index is 0.0788. The SMILES string of the molecule is CC(C)CC(NC(=O)C(N)CC(N)=O)C(=O)NC(Cc1c[nH]c2ccccc12)C(=O)NC(CC(=O)O)C(=O)O. The van der Waals surface area contributed by atoms with Crippen LogP contribution in [0.15, 0.2) is 30.5 Å². The molecule has 39 heavy (non-hydrogen) atoms. The van der Waals surface area contributed by atoms with Crippen LogP contribution in [0.2, 0.25) is 0 Å². The number of carbonyl (C=O) groups excluding carboxylic acids is 4. The minimum atomic E-state index is -1.74. The average Bonchev–Trinajstić information content (AvgIpc) is 3.24. The van der Waals surface area contributed by atoms with Crippen LogP contribution >= 0.6 is 0 Å². The number of fused-ring (bicyclic) bond motifs is 1. The lowest BCUT2D eigenvalue weighted by molar-refractivity contribution is -0.147. The molecule has 0 aliphatic carbocycles. The van der Waals surface area contributed by atoms with Crippen molar-refractivity contribution in [3.05, 3.63) is 36.0 Å². The van der Waals surface area contributed by atoms with Gasteiger partial charge in [0.25, 0.3) is 0 Å². The summed E-state index contributed by atoms with van der Waals surface area (Å²) in [5.41, 5.74) is 12.2. The van der Waals surface area contributed by atoms with Crippen molar-refractivity contribution in [3.63, 3.8) is 0 Å². The Morgan fingerprint density at radius 1 is 0.872 bits per heavy atom. The van der Waals surface area contributed by atoms with E-state index < -0.39 is 72.6 Å². The highest BCUT2D eigenvalue weighted by Crippen LogP contribution is 2.19. The third kappa shape index (κ3) is 9.41. The number of aromatic amines is 1. The van der Waals surface area contributed by atoms with E-state index in [1.54, 1.807) is 38.2 Å². The molecule has 0 spiro atoms. The van der Waals surface area contributed by atoms with E-state index in [2.05, 4.69) is 20.9 Å². The van der Waals surface area contributed by atoms with Crippen molar-refractivity contribution < 1.29 is 39.0 Å². The van der Waals surface area contributed by atoms with E-state index in [1.807, 2.05) is 6.07 Å². The van der Waals surface area contributed by atoms with Gasteiger partial charge in [-0.05, 0) is 24.0 Å². The Bertz CT molecular complexity index is 1230. The molecule has 1 heterocycles. The van der Waals surface area contributed by atoms with Gasteiger partial charge >= 0.3 is 11.9 Å². The van der Waals surface area contributed by atoms with Crippen molar-refractivity contribution in [1.29, 1.82) is 0 Å². The van der Waals surface area contributed by atoms with Crippen LogP contribution in [0.5, 0.6) is 0 Å². The topological polar surface area (TPSA) is 247 Å². The number of benzene rings is 1. The van der Waals surface area contributed by atoms with Gasteiger partial charge in [0, 0.05) is 23.5 Å². The number of rotatable bonds is 15. The smallest absolute Gasteiger partial charge is 0.326 e. The number of amides is 4. The average molecular weight is 547 g/mol. The van der Waals surface area contributed by atoms with Gasteiger partial charge in [-0.25, -0.2) is 4.79 Å². The van der Waals surface area contributed by atoms with Crippen LogP contribution in [-0.2, 0) is 35.2 Å². The molecule has 0 saturated heterocycles. The Hall–Kier alpha value is -4.46. The molecule has 4 unspecified atom stereocenters. The second-order valence-electron chi connectivity index (χ2n) is 9.59. The summed E-state index contributed by atoms with van der Waals surface area (Å²) in [5.74, 6) is -6.35. The number of carboxylic acid groups (broad SMARTS) is 2. The first-order valence-electron chi connectivity index (χ1n) is 12.2. The largest absolute Gasteiger partial charge is 0.481 e. The van der Waals surface area contributed by atoms with Crippen LogP contribution < -0.4 is 27.4 Å². The summed E-state index contributed by atoms with van der Waals surface area (Å²) in [6.45, 7) is 3.60. The first-order chi connectivity index (χ1) is 18.3. The predicted molar refractivity (Wildman–Crippen MR) is 139 cm³/mol. The second-order valence-corrected chi connectivity index (χ2v) is 9.59. The number of aliphatic carboxylic acids is 2. The van der Waals surface area contributed by atoms with Crippen LogP contribution in [0, 0.1) is 5.92 Å². The number of carboxylic acids is 2. The Morgan fingerprint density at radius 2 is 1.46 bits per heavy atom. The molecule has 0 bridgehead atoms. The molecule has 1 aromatic heterocycles. The van der Waals surface area contributed by atoms with Gasteiger partial charge < -0.3 is 42.6 Å². The molecular formula is C25H34N6O8. The lowest BCUT2D eigenvalue weighted by atomic mass is 10.00. The fourth-order valence-corrected chi connectivity index (χ4v) is 3.94. The second kappa shape index (κ2) is 13.9. The van der Waals surface area contributed by atoms with E-state index in [1.165, 1.54) is 0 Å². The number of nitrogens with one attached hydrogen (secondary N) is 4. The number of H-pyrrole nitrogens is 1. The van der Waals surface area contributed by atoms with E-state index in [-0.39, 0.29) is 18.8 Å². The Labute approximate surface area is 223 Å². The molecule has 0 fully saturated rings. The van der Waals surface area contributed by atoms with E-state index >= 15 is 0 Å². The van der Waals surface area contributed by atoms with Crippen LogP contribution in [0.3, 0.4) is 0 Å². The highest BCUT2D eigenvalue weighted by atomic mass is 16.4. The summed E-state index contributed by atoms with van der Waals surface area (Å²) in [7, 11) is 0. The molecule has 0 saturated carbocycles. The van der Waals surface area contributed by atoms with Crippen molar-refractivity contribution in [1.82, 2.24) is 20.9 Å². The summed E-state index contributed by atoms with van der Waals surface area (Å²) in [5, 5.41) is 26.4. The number of hydrogen-bond acceptors (Lipinski definition) is 7. The Balaban J connectivity index is 2.33. The van der Waals surface area contributed by atoms with Gasteiger partial charge in [0.15, 0.2) is 0 Å². The van der Waals surface area contributed by atoms with Gasteiger partial charge in [0.2, 0.25) is 23.6 Å². The van der Waals surface area contributed by atoms with E-state index in [4.69, 9.17) is 16.6 Å². The zero-order chi connectivity index (χ0) is 29.3. The van der Waals surface area contributed by atoms with Gasteiger partial charge in [-0.3, -0.25) is 24.0 Å². The van der Waals surface area contributed by atoms with Gasteiger partial charge in [-0.2, -0.15) is 0 Å². The summed E-state index contributed by atoms with van der Waals surface area (Å²) in [6, 6.07) is 1.68. The molecule has 4 atom stereocenters. The molecule has 10 N–H and O–H groups in total. The molecule has 0 aliphatic rings. The predicted octanol–water partition coefficient (Wildman–Crippen LogP) is -1.03. The highest BCUT2D eigenvalue weighted by molar-refractivity contribution is 5.96. The summed E-state index contributed by atoms with van der Waals surface area (Å²) in [4.78, 5) is 75.8. The molecular weight excluding hydrogens is 512 g/mol. The number of primary amides is 1. The van der Waals surface area contributed by atoms with E-state index in [9.17, 15) is 33.9 Å². The van der Waals surface area contributed by atoms with E-state index in [0.717, 1.165) is 10.9 Å². The van der Waals surface area contributed by atoms with Crippen molar-refractivity contribution >= 4 is 46.5 Å². The fourth-order valence-electron chi connectivity index (χ4n) is 3.94. The standard InChI is InChI=1S/C25H34N6O8/c1-12(2)7-17(29-22(35)15(26)9-20(27)32)23(36)30-18(24(37)31-19(25(38)39)10-21(33)34)8-13-11-28-16-6-4-3-5-14(13)16/h3-6,11-12,15,17-19,28H,7-10,26H2,1-2H3,(H2,27,32)(H,29,35)(H,30,36)(H,31,37)(H,33,34)(H,38,39). The normalized spacial score (nSPS) is 14.2. The number of nitrogens with two attached hydrogens (primary N) is 2. The number of carbonyl (C=O) groups is 6. The molecule has 2 aromatic rings. The minimum Gasteiger partial charge on any atom is -0.481 e. The summed E-state index contributed by atoms with van der Waals surface area (Å²) >= 11 is 0. The monoisotopic (exact) mass is 546 g/mol. The molecule has 212 valence electrons. The third-order valence-corrected chi connectivity index (χ3v) is 5.82. The van der Waals surface area contributed by atoms with Crippen LogP contribution in [0.1, 0.15) is 38.7 Å². The molecule has 14 heteroatoms. The van der Waals surface area contributed by atoms with Gasteiger partial charge in [-0.15, -0.1) is 0 Å². The molecule has 14 nitrogen and oxygen atoms in total. The van der Waals surface area contributed by atoms with Gasteiger partial charge in [0.1, 0.15) is 18.1 Å². The quantitative estimate of drug-likeness (QED) is 0.136. The highest BCUT2D eigenvalue weighted by Gasteiger charge is 2.32. The molecule has 2 rings (SSSR count). The van der Waals surface area contributed by atoms with Gasteiger partial charge in [-0.1, -0.05) is 32.0 Å². The first-order valence-corrected chi connectivity index (χ1v) is 12.2. The maximum atomic E-state index is 13.3. The lowest BCUT2D eigenvalue weighted by Gasteiger charge is -2.26. The van der Waals surface area contributed by atoms with Crippen molar-refractivity contribution in [2.45, 2.75) is 63.7 Å². The number of para-hydroxylation sites is 1. The van der Waals surface area contributed by atoms with E-state index in [0.29, 0.717) is 5.56 Å². The van der Waals surface area contributed by atoms with Crippen molar-refractivity contribution in [2.75, 3.05) is 0 Å². The number of aromatic nitrogens is 1. The van der Waals surface area contributed by atoms with Crippen LogP contribution in [0.25, 0.3) is 10.9 Å². The zero-order valence-corrected chi connectivity index (χ0v) is 21.6. The summed E-state index contributed by atoms with van der Waals surface area (Å²) < 4.78 is 0. The zero-order valence-electron chi connectivity index (χ0n) is 21.6. The van der Waals surface area contributed by atoms with Crippen molar-refractivity contribution in [3.8, 4) is 0 Å². The molecule has 0 aliphatic heterocycles. The Kier molecular flexibility index (Phi) is 11.0. The van der Waals surface area contributed by atoms with Crippen LogP contribution in [0.4, 0.5) is 0 Å². The summed E-state index contributed by atoms with van der Waals surface area (Å²) in [6.07, 6.45) is 0.398.